The fourth-order valence-electron chi connectivity index (χ4n) is 4.84. The van der Waals surface area contributed by atoms with Crippen molar-refractivity contribution in [2.45, 2.75) is 44.5 Å². The first-order chi connectivity index (χ1) is 15.4. The number of benzene rings is 2. The Kier molecular flexibility index (Phi) is 6.50. The van der Waals surface area contributed by atoms with Crippen LogP contribution in [0.4, 0.5) is 26.3 Å². The smallest absolute Gasteiger partial charge is 0.352 e. The number of nitrogens with one attached hydrogen (secondary N) is 1. The van der Waals surface area contributed by atoms with Crippen molar-refractivity contribution in [3.63, 3.8) is 0 Å². The summed E-state index contributed by atoms with van der Waals surface area (Å²) in [4.78, 5) is 0. The van der Waals surface area contributed by atoms with E-state index in [9.17, 15) is 26.3 Å². The molecule has 0 bridgehead atoms. The minimum absolute atomic E-state index is 0.123. The van der Waals surface area contributed by atoms with Gasteiger partial charge in [-0.05, 0) is 67.1 Å². The Morgan fingerprint density at radius 1 is 0.970 bits per heavy atom. The van der Waals surface area contributed by atoms with Gasteiger partial charge in [0.1, 0.15) is 0 Å². The third kappa shape index (κ3) is 5.05. The zero-order valence-corrected chi connectivity index (χ0v) is 18.1. The summed E-state index contributed by atoms with van der Waals surface area (Å²) in [6, 6.07) is 9.29. The second-order valence-corrected chi connectivity index (χ2v) is 8.78. The third-order valence-electron chi connectivity index (χ3n) is 6.59. The molecule has 2 aromatic rings. The van der Waals surface area contributed by atoms with Gasteiger partial charge in [0.05, 0.1) is 23.8 Å². The number of rotatable bonds is 4. The van der Waals surface area contributed by atoms with Crippen LogP contribution in [-0.2, 0) is 21.8 Å². The third-order valence-corrected chi connectivity index (χ3v) is 6.59. The summed E-state index contributed by atoms with van der Waals surface area (Å²) in [6.45, 7) is 5.35. The lowest BCUT2D eigenvalue weighted by molar-refractivity contribution is -0.217. The van der Waals surface area contributed by atoms with Crippen LogP contribution < -0.4 is 5.32 Å². The lowest BCUT2D eigenvalue weighted by atomic mass is 9.76. The van der Waals surface area contributed by atoms with Gasteiger partial charge >= 0.3 is 12.4 Å². The number of hydrogen-bond donors (Lipinski definition) is 1. The van der Waals surface area contributed by atoms with E-state index in [-0.39, 0.29) is 29.4 Å². The lowest BCUT2D eigenvalue weighted by Crippen LogP contribution is -2.42. The number of hydrogen-bond acceptors (Lipinski definition) is 3. The van der Waals surface area contributed by atoms with E-state index in [2.05, 4.69) is 5.32 Å². The van der Waals surface area contributed by atoms with Gasteiger partial charge < -0.3 is 14.8 Å². The molecule has 5 atom stereocenters. The predicted molar refractivity (Wildman–Crippen MR) is 109 cm³/mol. The van der Waals surface area contributed by atoms with E-state index < -0.39 is 35.9 Å². The van der Waals surface area contributed by atoms with Gasteiger partial charge in [-0.15, -0.1) is 0 Å². The summed E-state index contributed by atoms with van der Waals surface area (Å²) in [6.07, 6.45) is -11.7. The Bertz CT molecular complexity index is 957. The van der Waals surface area contributed by atoms with Crippen molar-refractivity contribution in [2.24, 2.45) is 11.8 Å². The number of aryl methyl sites for hydroxylation is 1. The molecular weight excluding hydrogens is 448 g/mol. The Morgan fingerprint density at radius 3 is 2.21 bits per heavy atom. The molecule has 0 spiro atoms. The van der Waals surface area contributed by atoms with Crippen LogP contribution in [0.15, 0.2) is 42.5 Å². The molecule has 0 amide bonds. The van der Waals surface area contributed by atoms with Gasteiger partial charge in [-0.1, -0.05) is 24.3 Å². The molecule has 0 radical (unpaired) electrons. The highest BCUT2D eigenvalue weighted by Gasteiger charge is 2.45. The van der Waals surface area contributed by atoms with Crippen molar-refractivity contribution in [1.29, 1.82) is 0 Å². The van der Waals surface area contributed by atoms with Crippen LogP contribution in [0.5, 0.6) is 0 Å². The summed E-state index contributed by atoms with van der Waals surface area (Å²) in [7, 11) is 0. The average Bonchev–Trinajstić information content (AvgIpc) is 3.21. The van der Waals surface area contributed by atoms with Gasteiger partial charge in [0.25, 0.3) is 0 Å². The highest BCUT2D eigenvalue weighted by atomic mass is 19.4. The Balaban J connectivity index is 1.67. The average molecular weight is 473 g/mol. The molecule has 2 saturated heterocycles. The first-order valence-corrected chi connectivity index (χ1v) is 10.8. The molecule has 0 aliphatic carbocycles. The van der Waals surface area contributed by atoms with Crippen molar-refractivity contribution in [3.05, 3.63) is 70.3 Å². The van der Waals surface area contributed by atoms with E-state index in [1.165, 1.54) is 6.92 Å². The summed E-state index contributed by atoms with van der Waals surface area (Å²) in [5.74, 6) is 0.245. The van der Waals surface area contributed by atoms with Crippen LogP contribution in [0, 0.1) is 18.8 Å². The van der Waals surface area contributed by atoms with E-state index in [1.54, 1.807) is 0 Å². The van der Waals surface area contributed by atoms with Crippen molar-refractivity contribution in [3.8, 4) is 0 Å². The molecule has 2 aliphatic heterocycles. The predicted octanol–water partition coefficient (Wildman–Crippen LogP) is 6.09. The maximum atomic E-state index is 13.3. The number of ether oxygens (including phenoxy) is 2. The molecule has 2 heterocycles. The topological polar surface area (TPSA) is 30.5 Å². The van der Waals surface area contributed by atoms with Crippen LogP contribution in [-0.4, -0.2) is 26.0 Å². The van der Waals surface area contributed by atoms with Crippen LogP contribution in [0.1, 0.15) is 46.8 Å². The molecule has 33 heavy (non-hydrogen) atoms. The SMILES string of the molecule is Cc1ccccc1[C@@H]1C(O[C@H](C)c2cc(C(F)(F)F)cc(C(F)(F)F)c2)OC[C@@H]2CNCC21. The molecule has 2 aromatic carbocycles. The number of halogens is 6. The highest BCUT2D eigenvalue weighted by molar-refractivity contribution is 5.35. The highest BCUT2D eigenvalue weighted by Crippen LogP contribution is 2.44. The molecule has 180 valence electrons. The fraction of sp³-hybridized carbons (Fsp3) is 0.500. The normalized spacial score (nSPS) is 26.8. The number of fused-ring (bicyclic) bond motifs is 1. The monoisotopic (exact) mass is 473 g/mol. The molecule has 2 fully saturated rings. The van der Waals surface area contributed by atoms with Crippen LogP contribution in [0.2, 0.25) is 0 Å². The van der Waals surface area contributed by atoms with E-state index in [0.717, 1.165) is 24.2 Å². The molecule has 0 aromatic heterocycles. The lowest BCUT2D eigenvalue weighted by Gasteiger charge is -2.41. The number of alkyl halides is 6. The Morgan fingerprint density at radius 2 is 1.61 bits per heavy atom. The van der Waals surface area contributed by atoms with Gasteiger partial charge in [0.15, 0.2) is 6.29 Å². The largest absolute Gasteiger partial charge is 0.416 e. The van der Waals surface area contributed by atoms with Crippen molar-refractivity contribution < 1.29 is 35.8 Å². The van der Waals surface area contributed by atoms with Crippen LogP contribution >= 0.6 is 0 Å². The quantitative estimate of drug-likeness (QED) is 0.546. The van der Waals surface area contributed by atoms with Gasteiger partial charge in [-0.25, -0.2) is 0 Å². The zero-order chi connectivity index (χ0) is 24.0. The van der Waals surface area contributed by atoms with Gasteiger partial charge in [0.2, 0.25) is 0 Å². The van der Waals surface area contributed by atoms with Gasteiger partial charge in [-0.2, -0.15) is 26.3 Å². The first kappa shape index (κ1) is 24.0. The minimum atomic E-state index is -4.91. The van der Waals surface area contributed by atoms with Gasteiger partial charge in [0, 0.05) is 12.5 Å². The summed E-state index contributed by atoms with van der Waals surface area (Å²) in [5, 5.41) is 3.35. The second kappa shape index (κ2) is 8.92. The van der Waals surface area contributed by atoms with Crippen molar-refractivity contribution >= 4 is 0 Å². The zero-order valence-electron chi connectivity index (χ0n) is 18.1. The molecule has 2 unspecified atom stereocenters. The van der Waals surface area contributed by atoms with E-state index in [1.807, 2.05) is 31.2 Å². The van der Waals surface area contributed by atoms with E-state index >= 15 is 0 Å². The molecule has 9 heteroatoms. The minimum Gasteiger partial charge on any atom is -0.352 e. The van der Waals surface area contributed by atoms with Gasteiger partial charge in [-0.3, -0.25) is 0 Å². The Hall–Kier alpha value is -2.10. The van der Waals surface area contributed by atoms with E-state index in [4.69, 9.17) is 9.47 Å². The second-order valence-electron chi connectivity index (χ2n) is 8.78. The maximum Gasteiger partial charge on any atom is 0.416 e. The maximum absolute atomic E-state index is 13.3. The summed E-state index contributed by atoms with van der Waals surface area (Å²) < 4.78 is 91.8. The molecule has 2 aliphatic rings. The molecule has 3 nitrogen and oxygen atoms in total. The van der Waals surface area contributed by atoms with Crippen molar-refractivity contribution in [1.82, 2.24) is 5.32 Å². The molecule has 0 saturated carbocycles. The standard InChI is InChI=1S/C24H25F6NO2/c1-13-5-3-4-6-19(13)21-20-11-31-10-16(20)12-32-22(21)33-14(2)15-7-17(23(25,26)27)9-18(8-15)24(28,29)30/h3-9,14,16,20-22,31H,10-12H2,1-2H3/t14-,16+,20?,21+,22?/m1/s1. The van der Waals surface area contributed by atoms with Crippen molar-refractivity contribution in [2.75, 3.05) is 19.7 Å². The first-order valence-electron chi connectivity index (χ1n) is 10.8. The van der Waals surface area contributed by atoms with Crippen LogP contribution in [0.25, 0.3) is 0 Å². The Labute approximate surface area is 188 Å². The fourth-order valence-corrected chi connectivity index (χ4v) is 4.84. The summed E-state index contributed by atoms with van der Waals surface area (Å²) >= 11 is 0. The van der Waals surface area contributed by atoms with Crippen LogP contribution in [0.3, 0.4) is 0 Å². The molecule has 4 rings (SSSR count). The molecular formula is C24H25F6NO2. The van der Waals surface area contributed by atoms with E-state index in [0.29, 0.717) is 18.7 Å². The molecule has 1 N–H and O–H groups in total. The summed E-state index contributed by atoms with van der Waals surface area (Å²) in [5.41, 5.74) is -0.881.